The van der Waals surface area contributed by atoms with Crippen LogP contribution in [0.5, 0.6) is 0 Å². The van der Waals surface area contributed by atoms with Gasteiger partial charge >= 0.3 is 0 Å². The van der Waals surface area contributed by atoms with Crippen LogP contribution < -0.4 is 11.5 Å². The molecular formula is C11H15N3O6. The molecule has 0 aliphatic carbocycles. The smallest absolute Gasteiger partial charge is 0.251 e. The van der Waals surface area contributed by atoms with Crippen molar-refractivity contribution in [1.82, 2.24) is 4.57 Å². The van der Waals surface area contributed by atoms with Gasteiger partial charge < -0.3 is 36.1 Å². The lowest BCUT2D eigenvalue weighted by molar-refractivity contribution is -0.0526. The Balaban J connectivity index is 2.37. The summed E-state index contributed by atoms with van der Waals surface area (Å²) in [6, 6.07) is 0. The molecule has 0 radical (unpaired) electrons. The molecule has 1 aromatic rings. The Kier molecular flexibility index (Phi) is 3.77. The molecular weight excluding hydrogens is 270 g/mol. The highest BCUT2D eigenvalue weighted by Gasteiger charge is 2.43. The zero-order valence-electron chi connectivity index (χ0n) is 10.3. The standard InChI is InChI=1S/C11H15N3O6/c12-9(18)4-1-14(2-5(4)10(13)19)11-8(17)7(16)6(3-15)20-11/h1-2,6-8,11,15-17H,3H2,(H2,12,18)(H2,13,19)/t6-,7-,8-,11-/m1/s1. The Morgan fingerprint density at radius 3 is 2.00 bits per heavy atom. The number of nitrogens with two attached hydrogens (primary N) is 2. The van der Waals surface area contributed by atoms with E-state index in [0.717, 1.165) is 0 Å². The molecule has 110 valence electrons. The largest absolute Gasteiger partial charge is 0.394 e. The Hall–Kier alpha value is -1.94. The zero-order valence-corrected chi connectivity index (χ0v) is 10.3. The summed E-state index contributed by atoms with van der Waals surface area (Å²) in [4.78, 5) is 22.5. The van der Waals surface area contributed by atoms with Gasteiger partial charge in [-0.2, -0.15) is 0 Å². The molecule has 2 amide bonds. The number of aromatic nitrogens is 1. The highest BCUT2D eigenvalue weighted by Crippen LogP contribution is 2.30. The number of nitrogens with zero attached hydrogens (tertiary/aromatic N) is 1. The number of aliphatic hydroxyl groups is 3. The summed E-state index contributed by atoms with van der Waals surface area (Å²) in [5, 5.41) is 28.5. The van der Waals surface area contributed by atoms with Gasteiger partial charge in [0, 0.05) is 12.4 Å². The molecule has 20 heavy (non-hydrogen) atoms. The van der Waals surface area contributed by atoms with Gasteiger partial charge in [0.05, 0.1) is 17.7 Å². The summed E-state index contributed by atoms with van der Waals surface area (Å²) in [5.41, 5.74) is 10.0. The Labute approximate surface area is 113 Å². The average molecular weight is 285 g/mol. The second-order valence-electron chi connectivity index (χ2n) is 4.49. The molecule has 2 heterocycles. The summed E-state index contributed by atoms with van der Waals surface area (Å²) in [7, 11) is 0. The molecule has 0 unspecified atom stereocenters. The predicted octanol–water partition coefficient (Wildman–Crippen LogP) is -2.70. The van der Waals surface area contributed by atoms with Crippen molar-refractivity contribution < 1.29 is 29.6 Å². The number of carbonyl (C=O) groups excluding carboxylic acids is 2. The van der Waals surface area contributed by atoms with E-state index in [4.69, 9.17) is 21.3 Å². The van der Waals surface area contributed by atoms with Crippen LogP contribution in [-0.2, 0) is 4.74 Å². The predicted molar refractivity (Wildman–Crippen MR) is 64.5 cm³/mol. The third kappa shape index (κ3) is 2.27. The molecule has 9 nitrogen and oxygen atoms in total. The summed E-state index contributed by atoms with van der Waals surface area (Å²) >= 11 is 0. The van der Waals surface area contributed by atoms with Gasteiger partial charge in [-0.25, -0.2) is 0 Å². The molecule has 4 atom stereocenters. The van der Waals surface area contributed by atoms with Crippen LogP contribution in [0.4, 0.5) is 0 Å². The maximum absolute atomic E-state index is 11.2. The first-order valence-corrected chi connectivity index (χ1v) is 5.80. The lowest BCUT2D eigenvalue weighted by atomic mass is 10.1. The number of hydrogen-bond donors (Lipinski definition) is 5. The van der Waals surface area contributed by atoms with Crippen LogP contribution in [0, 0.1) is 0 Å². The van der Waals surface area contributed by atoms with E-state index in [9.17, 15) is 19.8 Å². The molecule has 1 saturated heterocycles. The minimum Gasteiger partial charge on any atom is -0.394 e. The number of carbonyl (C=O) groups is 2. The number of ether oxygens (including phenoxy) is 1. The first-order valence-electron chi connectivity index (χ1n) is 5.80. The third-order valence-corrected chi connectivity index (χ3v) is 3.19. The summed E-state index contributed by atoms with van der Waals surface area (Å²) in [5.74, 6) is -1.71. The lowest BCUT2D eigenvalue weighted by Crippen LogP contribution is -2.33. The zero-order chi connectivity index (χ0) is 15.0. The van der Waals surface area contributed by atoms with Gasteiger partial charge in [-0.3, -0.25) is 9.59 Å². The van der Waals surface area contributed by atoms with Crippen molar-refractivity contribution in [2.24, 2.45) is 11.5 Å². The van der Waals surface area contributed by atoms with E-state index in [0.29, 0.717) is 0 Å². The molecule has 0 saturated carbocycles. The van der Waals surface area contributed by atoms with Crippen molar-refractivity contribution in [3.05, 3.63) is 23.5 Å². The van der Waals surface area contributed by atoms with E-state index in [-0.39, 0.29) is 11.1 Å². The molecule has 1 fully saturated rings. The van der Waals surface area contributed by atoms with Gasteiger partial charge in [0.25, 0.3) is 11.8 Å². The van der Waals surface area contributed by atoms with Crippen molar-refractivity contribution in [2.75, 3.05) is 6.61 Å². The molecule has 0 aromatic carbocycles. The molecule has 1 aliphatic rings. The highest BCUT2D eigenvalue weighted by molar-refractivity contribution is 6.06. The van der Waals surface area contributed by atoms with Crippen LogP contribution in [-0.4, -0.2) is 56.6 Å². The molecule has 0 bridgehead atoms. The third-order valence-electron chi connectivity index (χ3n) is 3.19. The van der Waals surface area contributed by atoms with Crippen molar-refractivity contribution in [3.8, 4) is 0 Å². The van der Waals surface area contributed by atoms with Gasteiger partial charge in [0.2, 0.25) is 0 Å². The number of hydrogen-bond acceptors (Lipinski definition) is 6. The van der Waals surface area contributed by atoms with Crippen LogP contribution in [0.3, 0.4) is 0 Å². The first-order chi connectivity index (χ1) is 9.36. The fraction of sp³-hybridized carbons (Fsp3) is 0.455. The minimum absolute atomic E-state index is 0.116. The van der Waals surface area contributed by atoms with Crippen LogP contribution in [0.1, 0.15) is 26.9 Å². The van der Waals surface area contributed by atoms with Crippen LogP contribution in [0.15, 0.2) is 12.4 Å². The lowest BCUT2D eigenvalue weighted by Gasteiger charge is -2.16. The molecule has 7 N–H and O–H groups in total. The van der Waals surface area contributed by atoms with Gasteiger partial charge in [-0.1, -0.05) is 0 Å². The van der Waals surface area contributed by atoms with Crippen molar-refractivity contribution in [1.29, 1.82) is 0 Å². The Morgan fingerprint density at radius 2 is 1.65 bits per heavy atom. The maximum Gasteiger partial charge on any atom is 0.251 e. The van der Waals surface area contributed by atoms with Gasteiger partial charge in [-0.05, 0) is 0 Å². The SMILES string of the molecule is NC(=O)c1cn([C@@H]2O[C@H](CO)[C@@H](O)[C@H]2O)cc1C(N)=O. The van der Waals surface area contributed by atoms with Gasteiger partial charge in [0.1, 0.15) is 18.3 Å². The van der Waals surface area contributed by atoms with Crippen LogP contribution in [0.2, 0.25) is 0 Å². The van der Waals surface area contributed by atoms with E-state index in [1.165, 1.54) is 17.0 Å². The van der Waals surface area contributed by atoms with E-state index >= 15 is 0 Å². The van der Waals surface area contributed by atoms with E-state index in [1.807, 2.05) is 0 Å². The topological polar surface area (TPSA) is 161 Å². The first kappa shape index (κ1) is 14.5. The number of amides is 2. The monoisotopic (exact) mass is 285 g/mol. The minimum atomic E-state index is -1.33. The molecule has 9 heteroatoms. The Morgan fingerprint density at radius 1 is 1.15 bits per heavy atom. The number of primary amides is 2. The van der Waals surface area contributed by atoms with Crippen molar-refractivity contribution >= 4 is 11.8 Å². The summed E-state index contributed by atoms with van der Waals surface area (Å²) in [6.45, 7) is -0.485. The van der Waals surface area contributed by atoms with Crippen LogP contribution >= 0.6 is 0 Å². The molecule has 0 spiro atoms. The van der Waals surface area contributed by atoms with E-state index in [1.54, 1.807) is 0 Å². The quantitative estimate of drug-likeness (QED) is 0.404. The molecule has 2 rings (SSSR count). The van der Waals surface area contributed by atoms with Gasteiger partial charge in [-0.15, -0.1) is 0 Å². The van der Waals surface area contributed by atoms with Gasteiger partial charge in [0.15, 0.2) is 6.23 Å². The van der Waals surface area contributed by atoms with E-state index in [2.05, 4.69) is 0 Å². The van der Waals surface area contributed by atoms with Crippen molar-refractivity contribution in [3.63, 3.8) is 0 Å². The highest BCUT2D eigenvalue weighted by atomic mass is 16.6. The number of aliphatic hydroxyl groups excluding tert-OH is 3. The maximum atomic E-state index is 11.2. The normalized spacial score (nSPS) is 29.6. The van der Waals surface area contributed by atoms with Crippen LogP contribution in [0.25, 0.3) is 0 Å². The summed E-state index contributed by atoms with van der Waals surface area (Å²) < 4.78 is 6.47. The second kappa shape index (κ2) is 5.21. The van der Waals surface area contributed by atoms with E-state index < -0.39 is 43.0 Å². The van der Waals surface area contributed by atoms with Crippen molar-refractivity contribution in [2.45, 2.75) is 24.5 Å². The summed E-state index contributed by atoms with van der Waals surface area (Å²) in [6.07, 6.45) is -2.26. The average Bonchev–Trinajstić information content (AvgIpc) is 2.93. The molecule has 1 aromatic heterocycles. The fourth-order valence-electron chi connectivity index (χ4n) is 2.14. The fourth-order valence-corrected chi connectivity index (χ4v) is 2.14. The number of rotatable bonds is 4. The molecule has 1 aliphatic heterocycles. The second-order valence-corrected chi connectivity index (χ2v) is 4.49. The Bertz CT molecular complexity index is 511.